The third-order valence-electron chi connectivity index (χ3n) is 4.76. The Morgan fingerprint density at radius 2 is 1.92 bits per heavy atom. The lowest BCUT2D eigenvalue weighted by Crippen LogP contribution is -2.26. The van der Waals surface area contributed by atoms with Gasteiger partial charge in [-0.1, -0.05) is 6.42 Å². The molecule has 5 heteroatoms. The van der Waals surface area contributed by atoms with Gasteiger partial charge in [0.2, 0.25) is 0 Å². The smallest absolute Gasteiger partial charge is 0.347 e. The van der Waals surface area contributed by atoms with Crippen LogP contribution in [-0.2, 0) is 22.4 Å². The number of carbonyl (C=O) groups is 1. The van der Waals surface area contributed by atoms with Crippen molar-refractivity contribution in [3.8, 4) is 5.75 Å². The molecule has 0 saturated carbocycles. The van der Waals surface area contributed by atoms with E-state index < -0.39 is 12.1 Å². The predicted molar refractivity (Wildman–Crippen MR) is 95.2 cm³/mol. The zero-order valence-corrected chi connectivity index (χ0v) is 15.0. The van der Waals surface area contributed by atoms with E-state index in [2.05, 4.69) is 0 Å². The normalized spacial score (nSPS) is 15.3. The van der Waals surface area contributed by atoms with E-state index >= 15 is 0 Å². The molecule has 1 atom stereocenters. The second-order valence-electron chi connectivity index (χ2n) is 6.48. The van der Waals surface area contributed by atoms with Gasteiger partial charge in [0.05, 0.1) is 6.61 Å². The molecule has 134 valence electrons. The molecule has 1 aliphatic carbocycles. The predicted octanol–water partition coefficient (Wildman–Crippen LogP) is 3.70. The monoisotopic (exact) mass is 344 g/mol. The Balaban J connectivity index is 2.03. The first-order valence-electron chi connectivity index (χ1n) is 8.94. The van der Waals surface area contributed by atoms with Gasteiger partial charge in [0.25, 0.3) is 0 Å². The Kier molecular flexibility index (Phi) is 5.11. The number of hydrogen-bond acceptors (Lipinski definition) is 5. The quantitative estimate of drug-likeness (QED) is 0.481. The number of ether oxygens (including phenoxy) is 2. The molecule has 1 aliphatic rings. The van der Waals surface area contributed by atoms with E-state index in [9.17, 15) is 9.59 Å². The molecule has 0 unspecified atom stereocenters. The summed E-state index contributed by atoms with van der Waals surface area (Å²) >= 11 is 0. The number of hydrogen-bond donors (Lipinski definition) is 0. The van der Waals surface area contributed by atoms with E-state index in [0.717, 1.165) is 54.2 Å². The van der Waals surface area contributed by atoms with Gasteiger partial charge in [0, 0.05) is 16.5 Å². The minimum Gasteiger partial charge on any atom is -0.479 e. The van der Waals surface area contributed by atoms with Gasteiger partial charge in [-0.15, -0.1) is 0 Å². The van der Waals surface area contributed by atoms with Gasteiger partial charge in [-0.2, -0.15) is 0 Å². The van der Waals surface area contributed by atoms with E-state index in [1.807, 2.05) is 19.1 Å². The van der Waals surface area contributed by atoms with Crippen LogP contribution in [0.25, 0.3) is 11.0 Å². The topological polar surface area (TPSA) is 65.7 Å². The van der Waals surface area contributed by atoms with Crippen LogP contribution in [-0.4, -0.2) is 18.7 Å². The van der Waals surface area contributed by atoms with Crippen LogP contribution in [0.4, 0.5) is 0 Å². The molecule has 0 bridgehead atoms. The Morgan fingerprint density at radius 1 is 1.20 bits per heavy atom. The highest BCUT2D eigenvalue weighted by Gasteiger charge is 2.21. The first-order chi connectivity index (χ1) is 12.0. The molecule has 0 N–H and O–H groups in total. The molecule has 1 aromatic heterocycles. The fraction of sp³-hybridized carbons (Fsp3) is 0.500. The van der Waals surface area contributed by atoms with Crippen LogP contribution in [0.3, 0.4) is 0 Å². The molecule has 1 aromatic carbocycles. The van der Waals surface area contributed by atoms with Crippen molar-refractivity contribution in [3.63, 3.8) is 0 Å². The van der Waals surface area contributed by atoms with E-state index in [4.69, 9.17) is 13.9 Å². The largest absolute Gasteiger partial charge is 0.479 e. The first kappa shape index (κ1) is 17.5. The molecule has 0 amide bonds. The minimum atomic E-state index is -0.719. The first-order valence-corrected chi connectivity index (χ1v) is 8.94. The zero-order chi connectivity index (χ0) is 18.0. The molecule has 1 heterocycles. The minimum absolute atomic E-state index is 0.247. The number of fused-ring (bicyclic) bond motifs is 3. The molecular formula is C20H24O5. The van der Waals surface area contributed by atoms with Crippen LogP contribution in [0.2, 0.25) is 0 Å². The van der Waals surface area contributed by atoms with Crippen molar-refractivity contribution < 1.29 is 18.7 Å². The molecule has 0 spiro atoms. The molecule has 0 fully saturated rings. The van der Waals surface area contributed by atoms with Crippen LogP contribution < -0.4 is 10.4 Å². The lowest BCUT2D eigenvalue weighted by Gasteiger charge is -2.17. The molecule has 0 aliphatic heterocycles. The van der Waals surface area contributed by atoms with Crippen molar-refractivity contribution >= 4 is 16.9 Å². The van der Waals surface area contributed by atoms with E-state index in [0.29, 0.717) is 17.9 Å². The molecule has 25 heavy (non-hydrogen) atoms. The van der Waals surface area contributed by atoms with Crippen LogP contribution in [0, 0.1) is 6.92 Å². The number of rotatable bonds is 4. The lowest BCUT2D eigenvalue weighted by atomic mass is 9.98. The summed E-state index contributed by atoms with van der Waals surface area (Å²) in [4.78, 5) is 24.2. The maximum absolute atomic E-state index is 12.4. The Bertz CT molecular complexity index is 849. The maximum Gasteiger partial charge on any atom is 0.347 e. The number of carbonyl (C=O) groups excluding carboxylic acids is 1. The van der Waals surface area contributed by atoms with E-state index in [1.165, 1.54) is 0 Å². The maximum atomic E-state index is 12.4. The average molecular weight is 344 g/mol. The van der Waals surface area contributed by atoms with Crippen molar-refractivity contribution in [1.29, 1.82) is 0 Å². The lowest BCUT2D eigenvalue weighted by molar-refractivity contribution is -0.150. The van der Waals surface area contributed by atoms with Gasteiger partial charge in [-0.25, -0.2) is 9.59 Å². The Morgan fingerprint density at radius 3 is 2.64 bits per heavy atom. The van der Waals surface area contributed by atoms with Crippen molar-refractivity contribution in [2.24, 2.45) is 0 Å². The van der Waals surface area contributed by atoms with Gasteiger partial charge in [0.15, 0.2) is 6.10 Å². The zero-order valence-electron chi connectivity index (χ0n) is 15.0. The van der Waals surface area contributed by atoms with Gasteiger partial charge < -0.3 is 13.9 Å². The van der Waals surface area contributed by atoms with Crippen LogP contribution in [0.15, 0.2) is 21.3 Å². The van der Waals surface area contributed by atoms with E-state index in [-0.39, 0.29) is 5.63 Å². The molecule has 0 radical (unpaired) electrons. The Labute approximate surface area is 146 Å². The van der Waals surface area contributed by atoms with Crippen LogP contribution in [0.5, 0.6) is 5.75 Å². The summed E-state index contributed by atoms with van der Waals surface area (Å²) in [6.07, 6.45) is 4.21. The van der Waals surface area contributed by atoms with Gasteiger partial charge in [-0.05, 0) is 64.2 Å². The summed E-state index contributed by atoms with van der Waals surface area (Å²) < 4.78 is 16.3. The van der Waals surface area contributed by atoms with Crippen molar-refractivity contribution in [3.05, 3.63) is 39.2 Å². The van der Waals surface area contributed by atoms with Crippen LogP contribution >= 0.6 is 0 Å². The SMILES string of the molecule is CCOC(=O)[C@H](C)Oc1ccc2c3c(c(=O)oc2c1C)CCCCC3. The van der Waals surface area contributed by atoms with E-state index in [1.54, 1.807) is 13.8 Å². The van der Waals surface area contributed by atoms with Crippen molar-refractivity contribution in [2.75, 3.05) is 6.61 Å². The fourth-order valence-electron chi connectivity index (χ4n) is 3.43. The summed E-state index contributed by atoms with van der Waals surface area (Å²) in [6.45, 7) is 5.56. The molecule has 5 nitrogen and oxygen atoms in total. The molecule has 2 aromatic rings. The Hall–Kier alpha value is -2.30. The number of aryl methyl sites for hydroxylation is 2. The molecule has 3 rings (SSSR count). The highest BCUT2D eigenvalue weighted by molar-refractivity contribution is 5.86. The second kappa shape index (κ2) is 7.30. The third-order valence-corrected chi connectivity index (χ3v) is 4.76. The summed E-state index contributed by atoms with van der Waals surface area (Å²) in [7, 11) is 0. The molecule has 0 saturated heterocycles. The van der Waals surface area contributed by atoms with Crippen molar-refractivity contribution in [2.45, 2.75) is 59.0 Å². The summed E-state index contributed by atoms with van der Waals surface area (Å²) in [5.41, 5.74) is 2.97. The third kappa shape index (κ3) is 3.41. The fourth-order valence-corrected chi connectivity index (χ4v) is 3.43. The second-order valence-corrected chi connectivity index (χ2v) is 6.48. The van der Waals surface area contributed by atoms with Gasteiger partial charge in [0.1, 0.15) is 11.3 Å². The van der Waals surface area contributed by atoms with Gasteiger partial charge in [-0.3, -0.25) is 0 Å². The summed E-state index contributed by atoms with van der Waals surface area (Å²) in [5, 5.41) is 0.977. The number of benzene rings is 1. The highest BCUT2D eigenvalue weighted by atomic mass is 16.6. The summed E-state index contributed by atoms with van der Waals surface area (Å²) in [5.74, 6) is 0.121. The average Bonchev–Trinajstić information content (AvgIpc) is 2.85. The summed E-state index contributed by atoms with van der Waals surface area (Å²) in [6, 6.07) is 3.78. The highest BCUT2D eigenvalue weighted by Crippen LogP contribution is 2.32. The van der Waals surface area contributed by atoms with Crippen molar-refractivity contribution in [1.82, 2.24) is 0 Å². The van der Waals surface area contributed by atoms with Crippen LogP contribution in [0.1, 0.15) is 49.8 Å². The standard InChI is InChI=1S/C20H24O5/c1-4-23-19(21)13(3)24-17-11-10-15-14-8-6-5-7-9-16(14)20(22)25-18(15)12(17)2/h10-11,13H,4-9H2,1-3H3/t13-/m0/s1. The number of esters is 1. The van der Waals surface area contributed by atoms with Gasteiger partial charge >= 0.3 is 11.6 Å². The molecular weight excluding hydrogens is 320 g/mol.